The number of hydrogen-bond acceptors (Lipinski definition) is 1. The summed E-state index contributed by atoms with van der Waals surface area (Å²) in [4.78, 5) is 0. The zero-order valence-corrected chi connectivity index (χ0v) is 13.3. The van der Waals surface area contributed by atoms with Crippen LogP contribution in [-0.4, -0.2) is 11.4 Å². The lowest BCUT2D eigenvalue weighted by Crippen LogP contribution is -2.23. The highest BCUT2D eigenvalue weighted by atomic mass is 79.9. The van der Waals surface area contributed by atoms with Crippen molar-refractivity contribution in [2.45, 2.75) is 51.6 Å². The van der Waals surface area contributed by atoms with Crippen LogP contribution in [0.2, 0.25) is 0 Å². The molecule has 0 radical (unpaired) electrons. The van der Waals surface area contributed by atoms with Crippen LogP contribution in [0.25, 0.3) is 0 Å². The first kappa shape index (κ1) is 13.5. The molecule has 0 N–H and O–H groups in total. The number of aryl methyl sites for hydroxylation is 1. The molecule has 1 aliphatic carbocycles. The Balaban J connectivity index is 1.62. The fourth-order valence-electron chi connectivity index (χ4n) is 3.73. The SMILES string of the molecule is Cc1ccc2c(c1)CC(CC(CBr)C1CCCC1)O2. The van der Waals surface area contributed by atoms with E-state index < -0.39 is 0 Å². The van der Waals surface area contributed by atoms with Crippen LogP contribution in [0.1, 0.15) is 43.2 Å². The Hall–Kier alpha value is -0.500. The molecule has 1 fully saturated rings. The topological polar surface area (TPSA) is 9.23 Å². The molecular formula is C17H23BrO. The Morgan fingerprint density at radius 3 is 2.84 bits per heavy atom. The molecule has 1 nitrogen and oxygen atoms in total. The third-order valence-electron chi connectivity index (χ3n) is 4.79. The Morgan fingerprint density at radius 2 is 2.11 bits per heavy atom. The Bertz CT molecular complexity index is 437. The van der Waals surface area contributed by atoms with E-state index in [-0.39, 0.29) is 0 Å². The molecule has 19 heavy (non-hydrogen) atoms. The molecule has 1 saturated carbocycles. The van der Waals surface area contributed by atoms with Crippen molar-refractivity contribution in [3.8, 4) is 5.75 Å². The monoisotopic (exact) mass is 322 g/mol. The molecule has 3 rings (SSSR count). The molecular weight excluding hydrogens is 300 g/mol. The summed E-state index contributed by atoms with van der Waals surface area (Å²) >= 11 is 3.72. The van der Waals surface area contributed by atoms with E-state index in [1.165, 1.54) is 43.2 Å². The van der Waals surface area contributed by atoms with Crippen molar-refractivity contribution in [1.82, 2.24) is 0 Å². The van der Waals surface area contributed by atoms with E-state index in [0.717, 1.165) is 29.3 Å². The predicted molar refractivity (Wildman–Crippen MR) is 83.2 cm³/mol. The molecule has 0 spiro atoms. The molecule has 1 aromatic carbocycles. The van der Waals surface area contributed by atoms with Crippen LogP contribution in [0.5, 0.6) is 5.75 Å². The first-order valence-corrected chi connectivity index (χ1v) is 8.70. The van der Waals surface area contributed by atoms with Crippen LogP contribution in [0, 0.1) is 18.8 Å². The average molecular weight is 323 g/mol. The van der Waals surface area contributed by atoms with E-state index in [2.05, 4.69) is 41.1 Å². The van der Waals surface area contributed by atoms with Crippen LogP contribution in [-0.2, 0) is 6.42 Å². The van der Waals surface area contributed by atoms with Gasteiger partial charge in [0.25, 0.3) is 0 Å². The fourth-order valence-corrected chi connectivity index (χ4v) is 4.52. The maximum atomic E-state index is 6.13. The molecule has 2 heteroatoms. The van der Waals surface area contributed by atoms with Gasteiger partial charge in [-0.2, -0.15) is 0 Å². The van der Waals surface area contributed by atoms with Gasteiger partial charge < -0.3 is 4.74 Å². The summed E-state index contributed by atoms with van der Waals surface area (Å²) in [6.07, 6.45) is 8.43. The normalized spacial score (nSPS) is 24.2. The van der Waals surface area contributed by atoms with Crippen molar-refractivity contribution in [2.75, 3.05) is 5.33 Å². The molecule has 1 aromatic rings. The van der Waals surface area contributed by atoms with Crippen LogP contribution in [0.3, 0.4) is 0 Å². The third kappa shape index (κ3) is 2.99. The van der Waals surface area contributed by atoms with Crippen molar-refractivity contribution >= 4 is 15.9 Å². The van der Waals surface area contributed by atoms with E-state index in [1.54, 1.807) is 0 Å². The highest BCUT2D eigenvalue weighted by Gasteiger charge is 2.30. The second-order valence-corrected chi connectivity index (χ2v) is 6.90. The maximum Gasteiger partial charge on any atom is 0.123 e. The molecule has 2 atom stereocenters. The minimum absolute atomic E-state index is 0.403. The van der Waals surface area contributed by atoms with Gasteiger partial charge in [0, 0.05) is 11.8 Å². The van der Waals surface area contributed by atoms with Gasteiger partial charge in [-0.3, -0.25) is 0 Å². The van der Waals surface area contributed by atoms with Crippen molar-refractivity contribution in [3.05, 3.63) is 29.3 Å². The molecule has 2 aliphatic rings. The number of ether oxygens (including phenoxy) is 1. The summed E-state index contributed by atoms with van der Waals surface area (Å²) in [5, 5.41) is 1.13. The maximum absolute atomic E-state index is 6.13. The summed E-state index contributed by atoms with van der Waals surface area (Å²) in [5.41, 5.74) is 2.75. The summed E-state index contributed by atoms with van der Waals surface area (Å²) < 4.78 is 6.13. The fraction of sp³-hybridized carbons (Fsp3) is 0.647. The zero-order chi connectivity index (χ0) is 13.2. The summed E-state index contributed by atoms with van der Waals surface area (Å²) in [7, 11) is 0. The number of halogens is 1. The Morgan fingerprint density at radius 1 is 1.32 bits per heavy atom. The van der Waals surface area contributed by atoms with Crippen LogP contribution < -0.4 is 4.74 Å². The quantitative estimate of drug-likeness (QED) is 0.717. The average Bonchev–Trinajstić information content (AvgIpc) is 3.04. The van der Waals surface area contributed by atoms with Gasteiger partial charge in [0.05, 0.1) is 0 Å². The molecule has 0 bridgehead atoms. The van der Waals surface area contributed by atoms with Crippen molar-refractivity contribution in [3.63, 3.8) is 0 Å². The van der Waals surface area contributed by atoms with Crippen molar-refractivity contribution in [1.29, 1.82) is 0 Å². The van der Waals surface area contributed by atoms with Gasteiger partial charge in [0.2, 0.25) is 0 Å². The molecule has 0 amide bonds. The van der Waals surface area contributed by atoms with Gasteiger partial charge in [-0.1, -0.05) is 59.3 Å². The minimum atomic E-state index is 0.403. The summed E-state index contributed by atoms with van der Waals surface area (Å²) in [6.45, 7) is 2.16. The van der Waals surface area contributed by atoms with E-state index in [1.807, 2.05) is 0 Å². The molecule has 1 heterocycles. The number of fused-ring (bicyclic) bond motifs is 1. The van der Waals surface area contributed by atoms with Crippen LogP contribution >= 0.6 is 15.9 Å². The number of alkyl halides is 1. The first-order chi connectivity index (χ1) is 9.26. The molecule has 0 aromatic heterocycles. The predicted octanol–water partition coefficient (Wildman–Crippen LogP) is 4.89. The lowest BCUT2D eigenvalue weighted by atomic mass is 9.87. The lowest BCUT2D eigenvalue weighted by molar-refractivity contribution is 0.177. The van der Waals surface area contributed by atoms with Gasteiger partial charge in [0.1, 0.15) is 11.9 Å². The van der Waals surface area contributed by atoms with Gasteiger partial charge >= 0.3 is 0 Å². The molecule has 0 saturated heterocycles. The summed E-state index contributed by atoms with van der Waals surface area (Å²) in [6, 6.07) is 6.58. The van der Waals surface area contributed by atoms with E-state index >= 15 is 0 Å². The van der Waals surface area contributed by atoms with E-state index in [4.69, 9.17) is 4.74 Å². The second-order valence-electron chi connectivity index (χ2n) is 6.25. The highest BCUT2D eigenvalue weighted by Crippen LogP contribution is 2.38. The molecule has 2 unspecified atom stereocenters. The zero-order valence-electron chi connectivity index (χ0n) is 11.7. The number of rotatable bonds is 4. The number of benzene rings is 1. The highest BCUT2D eigenvalue weighted by molar-refractivity contribution is 9.09. The Labute approximate surface area is 124 Å². The number of hydrogen-bond donors (Lipinski definition) is 0. The van der Waals surface area contributed by atoms with Crippen molar-refractivity contribution in [2.24, 2.45) is 11.8 Å². The molecule has 1 aliphatic heterocycles. The van der Waals surface area contributed by atoms with Crippen LogP contribution in [0.4, 0.5) is 0 Å². The minimum Gasteiger partial charge on any atom is -0.490 e. The standard InChI is InChI=1S/C17H23BrO/c1-12-6-7-17-14(8-12)9-16(19-17)10-15(11-18)13-4-2-3-5-13/h6-8,13,15-16H,2-5,9-11H2,1H3. The lowest BCUT2D eigenvalue weighted by Gasteiger charge is -2.24. The molecule has 104 valence electrons. The second kappa shape index (κ2) is 5.87. The van der Waals surface area contributed by atoms with Gasteiger partial charge in [-0.05, 0) is 36.8 Å². The van der Waals surface area contributed by atoms with Gasteiger partial charge in [-0.15, -0.1) is 0 Å². The van der Waals surface area contributed by atoms with Gasteiger partial charge in [-0.25, -0.2) is 0 Å². The largest absolute Gasteiger partial charge is 0.490 e. The van der Waals surface area contributed by atoms with E-state index in [9.17, 15) is 0 Å². The Kier molecular flexibility index (Phi) is 4.16. The van der Waals surface area contributed by atoms with Gasteiger partial charge in [0.15, 0.2) is 0 Å². The smallest absolute Gasteiger partial charge is 0.123 e. The van der Waals surface area contributed by atoms with Crippen molar-refractivity contribution < 1.29 is 4.74 Å². The van der Waals surface area contributed by atoms with E-state index in [0.29, 0.717) is 6.10 Å². The van der Waals surface area contributed by atoms with Crippen LogP contribution in [0.15, 0.2) is 18.2 Å². The summed E-state index contributed by atoms with van der Waals surface area (Å²) in [5.74, 6) is 2.84. The first-order valence-electron chi connectivity index (χ1n) is 7.58. The third-order valence-corrected chi connectivity index (χ3v) is 5.62.